The number of hydrogen-bond acceptors (Lipinski definition) is 7. The topological polar surface area (TPSA) is 111 Å². The molecule has 1 heterocycles. The van der Waals surface area contributed by atoms with Crippen LogP contribution in [0.1, 0.15) is 23.1 Å². The summed E-state index contributed by atoms with van der Waals surface area (Å²) in [5.74, 6) is -3.56. The summed E-state index contributed by atoms with van der Waals surface area (Å²) in [6.45, 7) is 1.69. The zero-order valence-electron chi connectivity index (χ0n) is 14.1. The second kappa shape index (κ2) is 7.79. The van der Waals surface area contributed by atoms with Crippen molar-refractivity contribution in [3.63, 3.8) is 0 Å². The maximum atomic E-state index is 12.7. The summed E-state index contributed by atoms with van der Waals surface area (Å²) in [4.78, 5) is 7.98. The number of rotatable bonds is 7. The first kappa shape index (κ1) is 19.8. The van der Waals surface area contributed by atoms with Gasteiger partial charge in [-0.25, -0.2) is 8.42 Å². The van der Waals surface area contributed by atoms with Gasteiger partial charge in [0.05, 0.1) is 26.0 Å². The van der Waals surface area contributed by atoms with Gasteiger partial charge in [0.15, 0.2) is 5.82 Å². The van der Waals surface area contributed by atoms with Crippen molar-refractivity contribution in [2.75, 3.05) is 18.9 Å². The van der Waals surface area contributed by atoms with E-state index in [1.165, 1.54) is 38.5 Å². The molecule has 0 radical (unpaired) electrons. The molecule has 0 fully saturated rings. The van der Waals surface area contributed by atoms with E-state index in [1.807, 2.05) is 0 Å². The number of nitrogens with one attached hydrogen (secondary N) is 1. The molecule has 142 valence electrons. The molecule has 1 atom stereocenters. The van der Waals surface area contributed by atoms with Crippen molar-refractivity contribution in [1.82, 2.24) is 9.97 Å². The molecule has 1 aromatic heterocycles. The molecule has 0 aliphatic rings. The van der Waals surface area contributed by atoms with Crippen LogP contribution in [0.4, 0.5) is 14.5 Å². The average Bonchev–Trinajstić information content (AvgIpc) is 2.61. The molecule has 2 N–H and O–H groups in total. The number of alkyl halides is 2. The van der Waals surface area contributed by atoms with E-state index < -0.39 is 21.9 Å². The molecule has 0 saturated heterocycles. The maximum absolute atomic E-state index is 12.7. The highest BCUT2D eigenvalue weighted by Gasteiger charge is 2.27. The SMILES string of the molecule is COc1cc(OC)nc(C(O)c2cc(C)ccc2NS(=O)(=O)C(F)F)n1. The Hall–Kier alpha value is -2.53. The third-order valence-corrected chi connectivity index (χ3v) is 4.32. The number of halogens is 2. The first-order chi connectivity index (χ1) is 12.2. The average molecular weight is 389 g/mol. The van der Waals surface area contributed by atoms with Gasteiger partial charge in [0, 0.05) is 5.56 Å². The number of nitrogens with zero attached hydrogens (tertiary/aromatic N) is 2. The summed E-state index contributed by atoms with van der Waals surface area (Å²) in [5, 5.41) is 10.6. The first-order valence-corrected chi connectivity index (χ1v) is 8.78. The predicted octanol–water partition coefficient (Wildman–Crippen LogP) is 1.85. The Morgan fingerprint density at radius 2 is 1.69 bits per heavy atom. The molecule has 11 heteroatoms. The minimum Gasteiger partial charge on any atom is -0.481 e. The van der Waals surface area contributed by atoms with Gasteiger partial charge in [0.25, 0.3) is 10.0 Å². The zero-order chi connectivity index (χ0) is 19.5. The van der Waals surface area contributed by atoms with Crippen LogP contribution in [0.25, 0.3) is 0 Å². The van der Waals surface area contributed by atoms with Crippen LogP contribution < -0.4 is 14.2 Å². The number of ether oxygens (including phenoxy) is 2. The molecular formula is C15H17F2N3O5S. The van der Waals surface area contributed by atoms with E-state index in [9.17, 15) is 22.3 Å². The molecule has 2 rings (SSSR count). The van der Waals surface area contributed by atoms with Crippen molar-refractivity contribution in [2.24, 2.45) is 0 Å². The van der Waals surface area contributed by atoms with Crippen LogP contribution in [-0.4, -0.2) is 43.5 Å². The largest absolute Gasteiger partial charge is 0.481 e. The van der Waals surface area contributed by atoms with E-state index in [1.54, 1.807) is 11.6 Å². The number of aliphatic hydroxyl groups excluding tert-OH is 1. The van der Waals surface area contributed by atoms with Crippen molar-refractivity contribution >= 4 is 15.7 Å². The quantitative estimate of drug-likeness (QED) is 0.743. The minimum absolute atomic E-state index is 0.00420. The standard InChI is InChI=1S/C15H17F2N3O5S/c1-8-4-5-10(20-26(22,23)15(16)17)9(6-8)13(21)14-18-11(24-2)7-12(19-14)25-3/h4-7,13,15,20-21H,1-3H3. The second-order valence-electron chi connectivity index (χ2n) is 5.21. The highest BCUT2D eigenvalue weighted by atomic mass is 32.2. The molecule has 0 aliphatic heterocycles. The third-order valence-electron chi connectivity index (χ3n) is 3.35. The van der Waals surface area contributed by atoms with Gasteiger partial charge in [0.2, 0.25) is 11.8 Å². The molecule has 8 nitrogen and oxygen atoms in total. The van der Waals surface area contributed by atoms with Crippen molar-refractivity contribution in [3.8, 4) is 11.8 Å². The second-order valence-corrected chi connectivity index (χ2v) is 6.86. The fraction of sp³-hybridized carbons (Fsp3) is 0.333. The Kier molecular flexibility index (Phi) is 5.93. The Bertz CT molecular complexity index is 871. The van der Waals surface area contributed by atoms with Gasteiger partial charge >= 0.3 is 5.76 Å². The summed E-state index contributed by atoms with van der Waals surface area (Å²) in [6.07, 6.45) is -1.52. The van der Waals surface area contributed by atoms with Crippen LogP contribution in [-0.2, 0) is 10.0 Å². The normalized spacial score (nSPS) is 12.7. The van der Waals surface area contributed by atoms with E-state index >= 15 is 0 Å². The van der Waals surface area contributed by atoms with E-state index in [4.69, 9.17) is 9.47 Å². The number of aryl methyl sites for hydroxylation is 1. The Balaban J connectivity index is 2.52. The van der Waals surface area contributed by atoms with Gasteiger partial charge in [-0.1, -0.05) is 17.7 Å². The predicted molar refractivity (Wildman–Crippen MR) is 88.9 cm³/mol. The van der Waals surface area contributed by atoms with E-state index in [0.29, 0.717) is 5.56 Å². The maximum Gasteiger partial charge on any atom is 0.355 e. The van der Waals surface area contributed by atoms with Crippen LogP contribution in [0.2, 0.25) is 0 Å². The molecule has 26 heavy (non-hydrogen) atoms. The van der Waals surface area contributed by atoms with Crippen molar-refractivity contribution in [2.45, 2.75) is 18.8 Å². The molecule has 2 aromatic rings. The molecule has 0 bridgehead atoms. The Morgan fingerprint density at radius 1 is 1.12 bits per heavy atom. The van der Waals surface area contributed by atoms with E-state index in [2.05, 4.69) is 9.97 Å². The van der Waals surface area contributed by atoms with Gasteiger partial charge in [-0.2, -0.15) is 18.7 Å². The number of sulfonamides is 1. The fourth-order valence-electron chi connectivity index (χ4n) is 2.09. The number of methoxy groups -OCH3 is 2. The molecule has 0 amide bonds. The molecule has 1 aromatic carbocycles. The van der Waals surface area contributed by atoms with Gasteiger partial charge in [0.1, 0.15) is 6.10 Å². The van der Waals surface area contributed by atoms with Gasteiger partial charge in [-0.3, -0.25) is 4.72 Å². The lowest BCUT2D eigenvalue weighted by molar-refractivity contribution is 0.206. The summed E-state index contributed by atoms with van der Waals surface area (Å²) >= 11 is 0. The molecule has 1 unspecified atom stereocenters. The molecular weight excluding hydrogens is 372 g/mol. The van der Waals surface area contributed by atoms with Crippen LogP contribution >= 0.6 is 0 Å². The Labute approximate surface area is 148 Å². The summed E-state index contributed by atoms with van der Waals surface area (Å²) in [6, 6.07) is 5.59. The summed E-state index contributed by atoms with van der Waals surface area (Å²) in [7, 11) is -2.20. The van der Waals surface area contributed by atoms with E-state index in [-0.39, 0.29) is 28.8 Å². The highest BCUT2D eigenvalue weighted by Crippen LogP contribution is 2.31. The monoisotopic (exact) mass is 389 g/mol. The number of aromatic nitrogens is 2. The number of aliphatic hydroxyl groups is 1. The lowest BCUT2D eigenvalue weighted by Crippen LogP contribution is -2.22. The van der Waals surface area contributed by atoms with E-state index in [0.717, 1.165) is 0 Å². The van der Waals surface area contributed by atoms with Crippen LogP contribution in [0, 0.1) is 6.92 Å². The third kappa shape index (κ3) is 4.35. The molecule has 0 spiro atoms. The fourth-order valence-corrected chi connectivity index (χ4v) is 2.67. The molecule has 0 aliphatic carbocycles. The smallest absolute Gasteiger partial charge is 0.355 e. The minimum atomic E-state index is -4.91. The lowest BCUT2D eigenvalue weighted by atomic mass is 10.0. The number of benzene rings is 1. The number of anilines is 1. The van der Waals surface area contributed by atoms with Crippen LogP contribution in [0.15, 0.2) is 24.3 Å². The first-order valence-electron chi connectivity index (χ1n) is 7.23. The number of hydrogen-bond donors (Lipinski definition) is 2. The highest BCUT2D eigenvalue weighted by molar-refractivity contribution is 7.93. The zero-order valence-corrected chi connectivity index (χ0v) is 14.9. The van der Waals surface area contributed by atoms with Gasteiger partial charge in [-0.15, -0.1) is 0 Å². The van der Waals surface area contributed by atoms with Crippen LogP contribution in [0.5, 0.6) is 11.8 Å². The van der Waals surface area contributed by atoms with Crippen molar-refractivity contribution < 1.29 is 31.8 Å². The summed E-state index contributed by atoms with van der Waals surface area (Å²) in [5.41, 5.74) is 0.451. The van der Waals surface area contributed by atoms with Crippen LogP contribution in [0.3, 0.4) is 0 Å². The van der Waals surface area contributed by atoms with Gasteiger partial charge in [-0.05, 0) is 13.0 Å². The molecule has 0 saturated carbocycles. The summed E-state index contributed by atoms with van der Waals surface area (Å²) < 4.78 is 60.0. The van der Waals surface area contributed by atoms with Crippen molar-refractivity contribution in [1.29, 1.82) is 0 Å². The van der Waals surface area contributed by atoms with Crippen molar-refractivity contribution in [3.05, 3.63) is 41.2 Å². The Morgan fingerprint density at radius 3 is 2.19 bits per heavy atom. The lowest BCUT2D eigenvalue weighted by Gasteiger charge is -2.17. The van der Waals surface area contributed by atoms with Gasteiger partial charge < -0.3 is 14.6 Å².